The number of nitrogens with zero attached hydrogens (tertiary/aromatic N) is 2. The van der Waals surface area contributed by atoms with Crippen LogP contribution in [0.2, 0.25) is 0 Å². The van der Waals surface area contributed by atoms with Crippen molar-refractivity contribution in [3.63, 3.8) is 0 Å². The van der Waals surface area contributed by atoms with Crippen LogP contribution in [0.15, 0.2) is 23.2 Å². The van der Waals surface area contributed by atoms with E-state index in [1.807, 2.05) is 0 Å². The Labute approximate surface area is 113 Å². The second-order valence-corrected chi connectivity index (χ2v) is 6.53. The van der Waals surface area contributed by atoms with Gasteiger partial charge in [-0.3, -0.25) is 4.98 Å². The molecule has 1 aliphatic rings. The van der Waals surface area contributed by atoms with Crippen molar-refractivity contribution in [2.75, 3.05) is 26.8 Å². The molecule has 2 heterocycles. The fraction of sp³-hybridized carbons (Fsp3) is 0.583. The maximum Gasteiger partial charge on any atom is 0.244 e. The van der Waals surface area contributed by atoms with Crippen LogP contribution in [0.4, 0.5) is 0 Å². The Morgan fingerprint density at radius 3 is 3.05 bits per heavy atom. The van der Waals surface area contributed by atoms with Crippen LogP contribution in [0.3, 0.4) is 0 Å². The Morgan fingerprint density at radius 1 is 1.58 bits per heavy atom. The lowest BCUT2D eigenvalue weighted by atomic mass is 10.1. The molecule has 6 nitrogen and oxygen atoms in total. The average molecular weight is 285 g/mol. The summed E-state index contributed by atoms with van der Waals surface area (Å²) in [4.78, 5) is 4.25. The van der Waals surface area contributed by atoms with E-state index in [9.17, 15) is 8.42 Å². The average Bonchev–Trinajstić information content (AvgIpc) is 2.88. The molecule has 0 aliphatic carbocycles. The number of hydrogen-bond donors (Lipinski definition) is 1. The van der Waals surface area contributed by atoms with Crippen molar-refractivity contribution < 1.29 is 13.2 Å². The molecule has 106 valence electrons. The van der Waals surface area contributed by atoms with Crippen LogP contribution in [0.1, 0.15) is 12.1 Å². The molecule has 0 amide bonds. The van der Waals surface area contributed by atoms with Gasteiger partial charge in [0.25, 0.3) is 0 Å². The van der Waals surface area contributed by atoms with E-state index in [1.165, 1.54) is 4.31 Å². The Morgan fingerprint density at radius 2 is 2.37 bits per heavy atom. The molecule has 1 atom stereocenters. The van der Waals surface area contributed by atoms with Crippen LogP contribution < -0.4 is 5.73 Å². The number of ether oxygens (including phenoxy) is 1. The van der Waals surface area contributed by atoms with Crippen LogP contribution >= 0.6 is 0 Å². The Balaban J connectivity index is 2.24. The van der Waals surface area contributed by atoms with E-state index >= 15 is 0 Å². The number of hydrogen-bond acceptors (Lipinski definition) is 5. The van der Waals surface area contributed by atoms with Gasteiger partial charge in [-0.15, -0.1) is 0 Å². The highest BCUT2D eigenvalue weighted by molar-refractivity contribution is 7.89. The molecule has 1 unspecified atom stereocenters. The lowest BCUT2D eigenvalue weighted by molar-refractivity contribution is 0.157. The predicted molar refractivity (Wildman–Crippen MR) is 70.9 cm³/mol. The van der Waals surface area contributed by atoms with E-state index in [-0.39, 0.29) is 17.4 Å². The first-order valence-electron chi connectivity index (χ1n) is 6.22. The number of methoxy groups -OCH3 is 1. The summed E-state index contributed by atoms with van der Waals surface area (Å²) < 4.78 is 31.7. The third-order valence-electron chi connectivity index (χ3n) is 3.31. The van der Waals surface area contributed by atoms with E-state index in [0.29, 0.717) is 25.4 Å². The van der Waals surface area contributed by atoms with E-state index in [2.05, 4.69) is 4.98 Å². The zero-order valence-electron chi connectivity index (χ0n) is 10.9. The topological polar surface area (TPSA) is 85.5 Å². The first-order valence-corrected chi connectivity index (χ1v) is 7.66. The van der Waals surface area contributed by atoms with E-state index in [0.717, 1.165) is 6.42 Å². The molecule has 1 fully saturated rings. The van der Waals surface area contributed by atoms with E-state index in [1.54, 1.807) is 25.4 Å². The van der Waals surface area contributed by atoms with E-state index in [4.69, 9.17) is 10.5 Å². The molecule has 2 rings (SSSR count). The molecule has 19 heavy (non-hydrogen) atoms. The monoisotopic (exact) mass is 285 g/mol. The number of sulfonamides is 1. The second-order valence-electron chi connectivity index (χ2n) is 4.63. The summed E-state index contributed by atoms with van der Waals surface area (Å²) in [5.74, 6) is 0.262. The molecule has 0 spiro atoms. The lowest BCUT2D eigenvalue weighted by Crippen LogP contribution is -2.30. The number of aromatic nitrogens is 1. The quantitative estimate of drug-likeness (QED) is 0.835. The summed E-state index contributed by atoms with van der Waals surface area (Å²) in [5.41, 5.74) is 5.97. The summed E-state index contributed by atoms with van der Waals surface area (Å²) >= 11 is 0. The highest BCUT2D eigenvalue weighted by Gasteiger charge is 2.33. The molecule has 7 heteroatoms. The summed E-state index contributed by atoms with van der Waals surface area (Å²) in [6.07, 6.45) is 2.38. The van der Waals surface area contributed by atoms with Gasteiger partial charge in [-0.05, 0) is 24.5 Å². The van der Waals surface area contributed by atoms with Crippen molar-refractivity contribution in [2.45, 2.75) is 17.9 Å². The zero-order valence-corrected chi connectivity index (χ0v) is 11.8. The third-order valence-corrected chi connectivity index (χ3v) is 5.25. The zero-order chi connectivity index (χ0) is 13.9. The van der Waals surface area contributed by atoms with Gasteiger partial charge in [0.2, 0.25) is 10.0 Å². The lowest BCUT2D eigenvalue weighted by Gasteiger charge is -2.18. The minimum Gasteiger partial charge on any atom is -0.384 e. The van der Waals surface area contributed by atoms with Crippen LogP contribution in [-0.2, 0) is 21.3 Å². The molecular formula is C12H19N3O3S. The van der Waals surface area contributed by atoms with Crippen LogP contribution in [0.25, 0.3) is 0 Å². The molecule has 0 saturated carbocycles. The van der Waals surface area contributed by atoms with Gasteiger partial charge in [0, 0.05) is 32.9 Å². The summed E-state index contributed by atoms with van der Waals surface area (Å²) in [5, 5.41) is 0. The van der Waals surface area contributed by atoms with Crippen LogP contribution in [-0.4, -0.2) is 44.5 Å². The van der Waals surface area contributed by atoms with Gasteiger partial charge in [0.05, 0.1) is 12.3 Å². The molecule has 0 radical (unpaired) electrons. The van der Waals surface area contributed by atoms with Crippen molar-refractivity contribution in [3.8, 4) is 0 Å². The fourth-order valence-electron chi connectivity index (χ4n) is 2.34. The van der Waals surface area contributed by atoms with Gasteiger partial charge in [-0.1, -0.05) is 0 Å². The fourth-order valence-corrected chi connectivity index (χ4v) is 4.05. The van der Waals surface area contributed by atoms with Crippen molar-refractivity contribution >= 4 is 10.0 Å². The normalized spacial score (nSPS) is 20.8. The Bertz CT molecular complexity index is 533. The maximum absolute atomic E-state index is 12.6. The van der Waals surface area contributed by atoms with Crippen molar-refractivity contribution in [2.24, 2.45) is 11.7 Å². The SMILES string of the molecule is COCC1CCN(S(=O)(=O)c2cccnc2CN)C1. The Hall–Kier alpha value is -1.02. The highest BCUT2D eigenvalue weighted by atomic mass is 32.2. The number of pyridine rings is 1. The number of nitrogens with two attached hydrogens (primary N) is 1. The molecule has 1 aromatic heterocycles. The molecule has 2 N–H and O–H groups in total. The summed E-state index contributed by atoms with van der Waals surface area (Å²) in [7, 11) is -1.87. The van der Waals surface area contributed by atoms with Gasteiger partial charge in [0.1, 0.15) is 4.90 Å². The van der Waals surface area contributed by atoms with Gasteiger partial charge >= 0.3 is 0 Å². The van der Waals surface area contributed by atoms with Crippen molar-refractivity contribution in [1.82, 2.24) is 9.29 Å². The van der Waals surface area contributed by atoms with Gasteiger partial charge in [-0.25, -0.2) is 8.42 Å². The largest absolute Gasteiger partial charge is 0.384 e. The van der Waals surface area contributed by atoms with Gasteiger partial charge in [-0.2, -0.15) is 4.31 Å². The minimum absolute atomic E-state index is 0.116. The molecule has 1 aliphatic heterocycles. The predicted octanol–water partition coefficient (Wildman–Crippen LogP) is 0.197. The standard InChI is InChI=1S/C12H19N3O3S/c1-18-9-10-4-6-15(8-10)19(16,17)12-3-2-5-14-11(12)7-13/h2-3,5,10H,4,6-9,13H2,1H3. The molecule has 0 bridgehead atoms. The Kier molecular flexibility index (Phi) is 4.51. The number of rotatable bonds is 5. The molecular weight excluding hydrogens is 266 g/mol. The van der Waals surface area contributed by atoms with E-state index < -0.39 is 10.0 Å². The van der Waals surface area contributed by atoms with Crippen LogP contribution in [0, 0.1) is 5.92 Å². The van der Waals surface area contributed by atoms with Crippen LogP contribution in [0.5, 0.6) is 0 Å². The first-order chi connectivity index (χ1) is 9.09. The van der Waals surface area contributed by atoms with Gasteiger partial charge < -0.3 is 10.5 Å². The van der Waals surface area contributed by atoms with Crippen molar-refractivity contribution in [1.29, 1.82) is 0 Å². The minimum atomic E-state index is -3.50. The van der Waals surface area contributed by atoms with Gasteiger partial charge in [0.15, 0.2) is 0 Å². The summed E-state index contributed by atoms with van der Waals surface area (Å²) in [6.45, 7) is 1.72. The first kappa shape index (κ1) is 14.4. The molecule has 1 saturated heterocycles. The molecule has 1 aromatic rings. The smallest absolute Gasteiger partial charge is 0.244 e. The maximum atomic E-state index is 12.6. The molecule has 0 aromatic carbocycles. The second kappa shape index (κ2) is 5.96. The summed E-state index contributed by atoms with van der Waals surface area (Å²) in [6, 6.07) is 3.18. The third kappa shape index (κ3) is 2.94. The highest BCUT2D eigenvalue weighted by Crippen LogP contribution is 2.25. The van der Waals surface area contributed by atoms with Crippen molar-refractivity contribution in [3.05, 3.63) is 24.0 Å².